The van der Waals surface area contributed by atoms with Gasteiger partial charge in [0.2, 0.25) is 0 Å². The zero-order valence-electron chi connectivity index (χ0n) is 17.9. The second-order valence-corrected chi connectivity index (χ2v) is 7.76. The number of nitrogen functional groups attached to an aromatic ring is 1. The number of rotatable bonds is 6. The predicted octanol–water partition coefficient (Wildman–Crippen LogP) is 1.53. The summed E-state index contributed by atoms with van der Waals surface area (Å²) in [6.45, 7) is 2.71. The van der Waals surface area contributed by atoms with E-state index < -0.39 is 6.61 Å². The Balaban J connectivity index is 1.56. The third kappa shape index (κ3) is 4.26. The fourth-order valence-corrected chi connectivity index (χ4v) is 3.79. The lowest BCUT2D eigenvalue weighted by Gasteiger charge is -2.28. The molecule has 1 aromatic carbocycles. The highest BCUT2D eigenvalue weighted by Crippen LogP contribution is 2.28. The smallest absolute Gasteiger partial charge is 0.188 e. The molecule has 4 heterocycles. The van der Waals surface area contributed by atoms with E-state index in [0.717, 1.165) is 35.6 Å². The summed E-state index contributed by atoms with van der Waals surface area (Å²) in [6.07, 6.45) is 3.41. The number of Topliss-reactive ketones (excluding diaryl/α,β-unsaturated/α-hetero) is 1. The van der Waals surface area contributed by atoms with Gasteiger partial charge in [-0.05, 0) is 17.7 Å². The Hall–Kier alpha value is -3.89. The Kier molecular flexibility index (Phi) is 5.68. The Bertz CT molecular complexity index is 1280. The van der Waals surface area contributed by atoms with Crippen molar-refractivity contribution < 1.29 is 14.6 Å². The quantitative estimate of drug-likeness (QED) is 0.424. The van der Waals surface area contributed by atoms with Crippen LogP contribution in [0.25, 0.3) is 22.6 Å². The summed E-state index contributed by atoms with van der Waals surface area (Å²) in [6, 6.07) is 10.7. The fraction of sp³-hybridized carbons (Fsp3) is 0.261. The highest BCUT2D eigenvalue weighted by Gasteiger charge is 2.21. The molecule has 168 valence electrons. The molecule has 0 amide bonds. The van der Waals surface area contributed by atoms with Crippen LogP contribution >= 0.6 is 0 Å². The third-order valence-electron chi connectivity index (χ3n) is 5.57. The fourth-order valence-electron chi connectivity index (χ4n) is 3.79. The molecule has 1 saturated heterocycles. The molecule has 0 unspecified atom stereocenters. The third-order valence-corrected chi connectivity index (χ3v) is 5.57. The van der Waals surface area contributed by atoms with Crippen LogP contribution in [0.15, 0.2) is 48.9 Å². The van der Waals surface area contributed by atoms with E-state index in [9.17, 15) is 4.79 Å². The number of carbonyl (C=O) groups is 1. The molecule has 0 saturated carbocycles. The molecule has 0 radical (unpaired) electrons. The van der Waals surface area contributed by atoms with Gasteiger partial charge in [0, 0.05) is 30.4 Å². The molecule has 0 atom stereocenters. The Labute approximate surface area is 189 Å². The van der Waals surface area contributed by atoms with Gasteiger partial charge in [-0.2, -0.15) is 0 Å². The Morgan fingerprint density at radius 3 is 2.55 bits per heavy atom. The lowest BCUT2D eigenvalue weighted by Crippen LogP contribution is -2.37. The van der Waals surface area contributed by atoms with Crippen molar-refractivity contribution in [2.45, 2.75) is 6.54 Å². The standard InChI is InChI=1S/C23H23N7O3/c24-19-6-5-17(11-25-19)21-27-22(29-7-9-33-10-8-29)20-23(28-21)30(14-26-20)12-15-1-3-16(4-2-15)18(32)13-31/h1-6,11,14,31H,7-10,12-13H2,(H2,24,25). The number of hydrogen-bond donors (Lipinski definition) is 2. The van der Waals surface area contributed by atoms with E-state index in [4.69, 9.17) is 25.5 Å². The average molecular weight is 445 g/mol. The zero-order valence-corrected chi connectivity index (χ0v) is 17.9. The van der Waals surface area contributed by atoms with Crippen LogP contribution in [0, 0.1) is 0 Å². The van der Waals surface area contributed by atoms with E-state index in [-0.39, 0.29) is 5.78 Å². The molecule has 3 N–H and O–H groups in total. The van der Waals surface area contributed by atoms with Crippen molar-refractivity contribution in [2.75, 3.05) is 43.5 Å². The number of aliphatic hydroxyl groups excluding tert-OH is 1. The number of hydrogen-bond acceptors (Lipinski definition) is 9. The van der Waals surface area contributed by atoms with E-state index in [2.05, 4.69) is 14.9 Å². The van der Waals surface area contributed by atoms with E-state index in [0.29, 0.717) is 42.6 Å². The molecule has 0 bridgehead atoms. The maximum atomic E-state index is 11.7. The van der Waals surface area contributed by atoms with Gasteiger partial charge in [-0.1, -0.05) is 24.3 Å². The van der Waals surface area contributed by atoms with Gasteiger partial charge in [0.25, 0.3) is 0 Å². The van der Waals surface area contributed by atoms with Gasteiger partial charge in [0.15, 0.2) is 28.6 Å². The van der Waals surface area contributed by atoms with Gasteiger partial charge in [-0.3, -0.25) is 4.79 Å². The lowest BCUT2D eigenvalue weighted by atomic mass is 10.1. The van der Waals surface area contributed by atoms with Crippen LogP contribution in [-0.4, -0.2) is 68.3 Å². The topological polar surface area (TPSA) is 132 Å². The predicted molar refractivity (Wildman–Crippen MR) is 123 cm³/mol. The van der Waals surface area contributed by atoms with Crippen LogP contribution in [0.1, 0.15) is 15.9 Å². The molecule has 4 aromatic rings. The first-order valence-corrected chi connectivity index (χ1v) is 10.6. The Morgan fingerprint density at radius 2 is 1.85 bits per heavy atom. The van der Waals surface area contributed by atoms with Crippen molar-refractivity contribution in [2.24, 2.45) is 0 Å². The molecular formula is C23H23N7O3. The maximum Gasteiger partial charge on any atom is 0.188 e. The van der Waals surface area contributed by atoms with E-state index in [1.807, 2.05) is 22.8 Å². The SMILES string of the molecule is Nc1ccc(-c2nc(N3CCOCC3)c3ncn(Cc4ccc(C(=O)CO)cc4)c3n2)cn1. The van der Waals surface area contributed by atoms with Crippen LogP contribution < -0.4 is 10.6 Å². The summed E-state index contributed by atoms with van der Waals surface area (Å²) in [7, 11) is 0. The van der Waals surface area contributed by atoms with Crippen LogP contribution in [-0.2, 0) is 11.3 Å². The lowest BCUT2D eigenvalue weighted by molar-refractivity contribution is 0.0903. The first-order valence-electron chi connectivity index (χ1n) is 10.6. The van der Waals surface area contributed by atoms with Crippen molar-refractivity contribution in [3.05, 3.63) is 60.0 Å². The summed E-state index contributed by atoms with van der Waals surface area (Å²) in [5, 5.41) is 9.05. The number of nitrogens with two attached hydrogens (primary N) is 1. The largest absolute Gasteiger partial charge is 0.388 e. The number of fused-ring (bicyclic) bond motifs is 1. The first-order chi connectivity index (χ1) is 16.1. The van der Waals surface area contributed by atoms with Gasteiger partial charge < -0.3 is 25.0 Å². The van der Waals surface area contributed by atoms with Gasteiger partial charge in [0.05, 0.1) is 26.1 Å². The van der Waals surface area contributed by atoms with Gasteiger partial charge in [-0.25, -0.2) is 19.9 Å². The molecule has 10 heteroatoms. The van der Waals surface area contributed by atoms with E-state index in [1.165, 1.54) is 0 Å². The van der Waals surface area contributed by atoms with Crippen molar-refractivity contribution in [1.29, 1.82) is 0 Å². The number of pyridine rings is 1. The van der Waals surface area contributed by atoms with E-state index in [1.54, 1.807) is 30.7 Å². The molecule has 1 fully saturated rings. The monoisotopic (exact) mass is 445 g/mol. The first kappa shape index (κ1) is 21.0. The van der Waals surface area contributed by atoms with Crippen LogP contribution in [0.3, 0.4) is 0 Å². The second kappa shape index (κ2) is 8.93. The van der Waals surface area contributed by atoms with Crippen LogP contribution in [0.2, 0.25) is 0 Å². The molecule has 3 aromatic heterocycles. The van der Waals surface area contributed by atoms with Crippen LogP contribution in [0.4, 0.5) is 11.6 Å². The zero-order chi connectivity index (χ0) is 22.8. The molecule has 1 aliphatic heterocycles. The van der Waals surface area contributed by atoms with Gasteiger partial charge in [-0.15, -0.1) is 0 Å². The molecule has 1 aliphatic rings. The summed E-state index contributed by atoms with van der Waals surface area (Å²) in [4.78, 5) is 32.3. The summed E-state index contributed by atoms with van der Waals surface area (Å²) in [5.41, 5.74) is 9.39. The molecular weight excluding hydrogens is 422 g/mol. The van der Waals surface area contributed by atoms with Crippen molar-refractivity contribution in [3.63, 3.8) is 0 Å². The molecule has 0 spiro atoms. The average Bonchev–Trinajstić information content (AvgIpc) is 3.27. The molecule has 33 heavy (non-hydrogen) atoms. The second-order valence-electron chi connectivity index (χ2n) is 7.76. The highest BCUT2D eigenvalue weighted by atomic mass is 16.5. The number of aromatic nitrogens is 5. The minimum atomic E-state index is -0.504. The Morgan fingerprint density at radius 1 is 1.06 bits per heavy atom. The van der Waals surface area contributed by atoms with Crippen molar-refractivity contribution >= 4 is 28.6 Å². The van der Waals surface area contributed by atoms with Gasteiger partial charge >= 0.3 is 0 Å². The number of nitrogens with zero attached hydrogens (tertiary/aromatic N) is 6. The number of morpholine rings is 1. The molecule has 10 nitrogen and oxygen atoms in total. The number of benzene rings is 1. The minimum absolute atomic E-state index is 0.306. The number of ether oxygens (including phenoxy) is 1. The van der Waals surface area contributed by atoms with Crippen molar-refractivity contribution in [1.82, 2.24) is 24.5 Å². The van der Waals surface area contributed by atoms with Crippen molar-refractivity contribution in [3.8, 4) is 11.4 Å². The number of aliphatic hydroxyl groups is 1. The summed E-state index contributed by atoms with van der Waals surface area (Å²) in [5.74, 6) is 1.43. The molecule has 0 aliphatic carbocycles. The number of imidazole rings is 1. The number of ketones is 1. The number of anilines is 2. The maximum absolute atomic E-state index is 11.7. The number of carbonyl (C=O) groups excluding carboxylic acids is 1. The minimum Gasteiger partial charge on any atom is -0.388 e. The normalized spacial score (nSPS) is 14.0. The van der Waals surface area contributed by atoms with E-state index >= 15 is 0 Å². The van der Waals surface area contributed by atoms with Crippen LogP contribution in [0.5, 0.6) is 0 Å². The van der Waals surface area contributed by atoms with Gasteiger partial charge in [0.1, 0.15) is 12.4 Å². The summed E-state index contributed by atoms with van der Waals surface area (Å²) >= 11 is 0. The summed E-state index contributed by atoms with van der Waals surface area (Å²) < 4.78 is 7.46. The highest BCUT2D eigenvalue weighted by molar-refractivity contribution is 5.96. The molecule has 5 rings (SSSR count).